The SMILES string of the molecule is O=C1CN(C(=O)CN2CCCC2=O)CCOCCOc2ccccc2Oc2ccc(Cl)cc2N1. The maximum absolute atomic E-state index is 12.9. The Kier molecular flexibility index (Phi) is 7.87. The molecular formula is C24H26ClN3O6. The molecule has 10 heteroatoms. The maximum Gasteiger partial charge on any atom is 0.244 e. The van der Waals surface area contributed by atoms with Crippen molar-refractivity contribution in [3.8, 4) is 17.2 Å². The Morgan fingerprint density at radius 3 is 2.62 bits per heavy atom. The largest absolute Gasteiger partial charge is 0.487 e. The van der Waals surface area contributed by atoms with E-state index in [1.54, 1.807) is 30.3 Å². The summed E-state index contributed by atoms with van der Waals surface area (Å²) in [7, 11) is 0. The van der Waals surface area contributed by atoms with Crippen LogP contribution in [0.3, 0.4) is 0 Å². The summed E-state index contributed by atoms with van der Waals surface area (Å²) in [6, 6.07) is 12.1. The Hall–Kier alpha value is -3.30. The quantitative estimate of drug-likeness (QED) is 0.699. The van der Waals surface area contributed by atoms with Gasteiger partial charge in [-0.25, -0.2) is 0 Å². The molecule has 34 heavy (non-hydrogen) atoms. The smallest absolute Gasteiger partial charge is 0.244 e. The van der Waals surface area contributed by atoms with E-state index in [1.165, 1.54) is 9.80 Å². The van der Waals surface area contributed by atoms with Crippen molar-refractivity contribution in [1.82, 2.24) is 9.80 Å². The van der Waals surface area contributed by atoms with Gasteiger partial charge in [-0.3, -0.25) is 14.4 Å². The first-order valence-electron chi connectivity index (χ1n) is 11.1. The minimum absolute atomic E-state index is 0.0511. The van der Waals surface area contributed by atoms with Gasteiger partial charge in [-0.15, -0.1) is 0 Å². The van der Waals surface area contributed by atoms with Crippen molar-refractivity contribution in [2.75, 3.05) is 51.3 Å². The molecule has 0 radical (unpaired) electrons. The number of amides is 3. The molecule has 2 aliphatic rings. The number of carbonyl (C=O) groups excluding carboxylic acids is 3. The fourth-order valence-electron chi connectivity index (χ4n) is 3.74. The normalized spacial score (nSPS) is 17.4. The lowest BCUT2D eigenvalue weighted by Crippen LogP contribution is -2.45. The molecule has 0 saturated carbocycles. The van der Waals surface area contributed by atoms with Crippen LogP contribution in [0.4, 0.5) is 5.69 Å². The average molecular weight is 488 g/mol. The van der Waals surface area contributed by atoms with Gasteiger partial charge in [0.1, 0.15) is 13.2 Å². The highest BCUT2D eigenvalue weighted by atomic mass is 35.5. The summed E-state index contributed by atoms with van der Waals surface area (Å²) in [5.74, 6) is 0.588. The van der Waals surface area contributed by atoms with Gasteiger partial charge in [0.05, 0.1) is 25.4 Å². The van der Waals surface area contributed by atoms with E-state index in [-0.39, 0.29) is 44.7 Å². The third kappa shape index (κ3) is 6.18. The van der Waals surface area contributed by atoms with Gasteiger partial charge in [0, 0.05) is 24.5 Å². The Morgan fingerprint density at radius 1 is 1.00 bits per heavy atom. The summed E-state index contributed by atoms with van der Waals surface area (Å²) < 4.78 is 17.5. The van der Waals surface area contributed by atoms with Gasteiger partial charge in [0.25, 0.3) is 0 Å². The van der Waals surface area contributed by atoms with Crippen molar-refractivity contribution in [2.45, 2.75) is 12.8 Å². The van der Waals surface area contributed by atoms with Gasteiger partial charge in [-0.1, -0.05) is 23.7 Å². The van der Waals surface area contributed by atoms with Crippen molar-refractivity contribution in [3.05, 3.63) is 47.5 Å². The van der Waals surface area contributed by atoms with Gasteiger partial charge in [0.2, 0.25) is 17.7 Å². The van der Waals surface area contributed by atoms with Gasteiger partial charge in [0.15, 0.2) is 17.2 Å². The fraction of sp³-hybridized carbons (Fsp3) is 0.375. The van der Waals surface area contributed by atoms with Crippen LogP contribution in [0.1, 0.15) is 12.8 Å². The van der Waals surface area contributed by atoms with Gasteiger partial charge in [-0.05, 0) is 36.8 Å². The molecule has 4 rings (SSSR count). The molecule has 0 bridgehead atoms. The lowest BCUT2D eigenvalue weighted by Gasteiger charge is -2.25. The molecule has 2 aliphatic heterocycles. The summed E-state index contributed by atoms with van der Waals surface area (Å²) in [4.78, 5) is 40.7. The first kappa shape index (κ1) is 23.8. The van der Waals surface area contributed by atoms with Crippen LogP contribution >= 0.6 is 11.6 Å². The topological polar surface area (TPSA) is 97.4 Å². The zero-order valence-electron chi connectivity index (χ0n) is 18.6. The molecule has 1 fully saturated rings. The molecule has 180 valence electrons. The number of rotatable bonds is 2. The first-order chi connectivity index (χ1) is 16.5. The Morgan fingerprint density at radius 2 is 1.82 bits per heavy atom. The predicted octanol–water partition coefficient (Wildman–Crippen LogP) is 2.93. The van der Waals surface area contributed by atoms with E-state index in [0.29, 0.717) is 47.5 Å². The van der Waals surface area contributed by atoms with E-state index in [2.05, 4.69) is 5.32 Å². The Bertz CT molecular complexity index is 1060. The van der Waals surface area contributed by atoms with Crippen LogP contribution in [0.15, 0.2) is 42.5 Å². The van der Waals surface area contributed by atoms with E-state index in [9.17, 15) is 14.4 Å². The lowest BCUT2D eigenvalue weighted by molar-refractivity contribution is -0.140. The van der Waals surface area contributed by atoms with Gasteiger partial charge >= 0.3 is 0 Å². The summed E-state index contributed by atoms with van der Waals surface area (Å²) in [5.41, 5.74) is 0.362. The molecule has 1 N–H and O–H groups in total. The van der Waals surface area contributed by atoms with E-state index >= 15 is 0 Å². The molecule has 9 nitrogen and oxygen atoms in total. The lowest BCUT2D eigenvalue weighted by atomic mass is 10.2. The number of halogens is 1. The average Bonchev–Trinajstić information content (AvgIpc) is 3.21. The summed E-state index contributed by atoms with van der Waals surface area (Å²) in [5, 5.41) is 3.20. The number of para-hydroxylation sites is 2. The second-order valence-electron chi connectivity index (χ2n) is 7.93. The van der Waals surface area contributed by atoms with Crippen LogP contribution in [-0.4, -0.2) is 73.5 Å². The van der Waals surface area contributed by atoms with Crippen LogP contribution in [-0.2, 0) is 19.1 Å². The molecule has 0 aliphatic carbocycles. The number of hydrogen-bond donors (Lipinski definition) is 1. The van der Waals surface area contributed by atoms with Crippen LogP contribution in [0.2, 0.25) is 5.02 Å². The number of nitrogens with one attached hydrogen (secondary N) is 1. The van der Waals surface area contributed by atoms with Crippen molar-refractivity contribution in [2.24, 2.45) is 0 Å². The van der Waals surface area contributed by atoms with Gasteiger partial charge < -0.3 is 29.3 Å². The van der Waals surface area contributed by atoms with Crippen molar-refractivity contribution in [3.63, 3.8) is 0 Å². The molecule has 0 atom stereocenters. The molecule has 0 spiro atoms. The molecule has 2 aromatic carbocycles. The zero-order chi connectivity index (χ0) is 23.9. The summed E-state index contributed by atoms with van der Waals surface area (Å²) in [6.45, 7) is 1.27. The third-order valence-corrected chi connectivity index (χ3v) is 5.70. The Balaban J connectivity index is 1.55. The number of carbonyl (C=O) groups is 3. The number of anilines is 1. The number of ether oxygens (including phenoxy) is 3. The minimum atomic E-state index is -0.423. The van der Waals surface area contributed by atoms with Crippen LogP contribution in [0.25, 0.3) is 0 Å². The number of hydrogen-bond acceptors (Lipinski definition) is 6. The van der Waals surface area contributed by atoms with Crippen LogP contribution in [0.5, 0.6) is 17.2 Å². The second kappa shape index (κ2) is 11.2. The molecule has 3 amide bonds. The monoisotopic (exact) mass is 487 g/mol. The summed E-state index contributed by atoms with van der Waals surface area (Å²) in [6.07, 6.45) is 1.17. The number of nitrogens with zero attached hydrogens (tertiary/aromatic N) is 2. The number of likely N-dealkylation sites (tertiary alicyclic amines) is 1. The van der Waals surface area contributed by atoms with Gasteiger partial charge in [-0.2, -0.15) is 0 Å². The van der Waals surface area contributed by atoms with E-state index in [4.69, 9.17) is 25.8 Å². The molecule has 2 heterocycles. The van der Waals surface area contributed by atoms with E-state index < -0.39 is 5.91 Å². The van der Waals surface area contributed by atoms with Crippen molar-refractivity contribution >= 4 is 35.0 Å². The molecule has 0 unspecified atom stereocenters. The predicted molar refractivity (Wildman–Crippen MR) is 125 cm³/mol. The van der Waals surface area contributed by atoms with E-state index in [0.717, 1.165) is 6.42 Å². The number of benzene rings is 2. The van der Waals surface area contributed by atoms with Crippen molar-refractivity contribution in [1.29, 1.82) is 0 Å². The zero-order valence-corrected chi connectivity index (χ0v) is 19.4. The van der Waals surface area contributed by atoms with Crippen LogP contribution < -0.4 is 14.8 Å². The third-order valence-electron chi connectivity index (χ3n) is 5.46. The fourth-order valence-corrected chi connectivity index (χ4v) is 3.91. The highest BCUT2D eigenvalue weighted by molar-refractivity contribution is 6.31. The number of fused-ring (bicyclic) bond motifs is 2. The first-order valence-corrected chi connectivity index (χ1v) is 11.5. The second-order valence-corrected chi connectivity index (χ2v) is 8.37. The molecular weight excluding hydrogens is 462 g/mol. The minimum Gasteiger partial charge on any atom is -0.487 e. The molecule has 2 aromatic rings. The van der Waals surface area contributed by atoms with Crippen LogP contribution in [0, 0.1) is 0 Å². The standard InChI is InChI=1S/C24H26ClN3O6/c25-17-7-8-19-18(14-17)26-22(29)15-28(24(31)16-27-9-3-6-23(27)30)10-11-32-12-13-33-20-4-1-2-5-21(20)34-19/h1-2,4-5,7-8,14H,3,6,9-13,15-16H2,(H,26,29). The van der Waals surface area contributed by atoms with E-state index in [1.807, 2.05) is 12.1 Å². The maximum atomic E-state index is 12.9. The molecule has 1 saturated heterocycles. The van der Waals surface area contributed by atoms with Crippen molar-refractivity contribution < 1.29 is 28.6 Å². The molecule has 0 aromatic heterocycles. The summed E-state index contributed by atoms with van der Waals surface area (Å²) >= 11 is 6.16. The highest BCUT2D eigenvalue weighted by Crippen LogP contribution is 2.36. The Labute approximate surface area is 202 Å². The highest BCUT2D eigenvalue weighted by Gasteiger charge is 2.26.